The Bertz CT molecular complexity index is 401. The quantitative estimate of drug-likeness (QED) is 0.338. The molecular weight excluding hydrogens is 240 g/mol. The predicted molar refractivity (Wildman–Crippen MR) is 49.0 cm³/mol. The minimum Gasteiger partial charge on any atom is -0.508 e. The summed E-state index contributed by atoms with van der Waals surface area (Å²) < 4.78 is 29.5. The molecule has 1 aromatic carbocycles. The van der Waals surface area contributed by atoms with Gasteiger partial charge in [0.05, 0.1) is 0 Å². The van der Waals surface area contributed by atoms with E-state index >= 15 is 0 Å². The van der Waals surface area contributed by atoms with E-state index in [2.05, 4.69) is 0 Å². The molecule has 5 N–H and O–H groups in total. The molecule has 0 atom stereocenters. The summed E-state index contributed by atoms with van der Waals surface area (Å²) in [6.45, 7) is 0. The molecule has 0 saturated carbocycles. The number of rotatable bonds is 1. The minimum absolute atomic E-state index is 0. The fourth-order valence-corrected chi connectivity index (χ4v) is 1.31. The Kier molecular flexibility index (Phi) is 6.72. The van der Waals surface area contributed by atoms with Gasteiger partial charge >= 0.3 is 37.7 Å². The molecule has 6 nitrogen and oxygen atoms in total. The van der Waals surface area contributed by atoms with Crippen LogP contribution < -0.4 is 0 Å². The molecule has 0 aliphatic rings. The second-order valence-electron chi connectivity index (χ2n) is 2.13. The molecule has 0 aromatic heterocycles. The van der Waals surface area contributed by atoms with Crippen LogP contribution in [0.25, 0.3) is 0 Å². The summed E-state index contributed by atoms with van der Waals surface area (Å²) in [5.74, 6) is -0.948. The van der Waals surface area contributed by atoms with Crippen molar-refractivity contribution in [2.24, 2.45) is 0 Å². The molecule has 0 unspecified atom stereocenters. The van der Waals surface area contributed by atoms with Crippen molar-refractivity contribution >= 4 is 47.9 Å². The van der Waals surface area contributed by atoms with E-state index in [0.717, 1.165) is 18.2 Å². The number of hydrogen-bond acceptors (Lipinski definition) is 4. The van der Waals surface area contributed by atoms with E-state index in [0.29, 0.717) is 0 Å². The number of phenols is 2. The Morgan fingerprint density at radius 3 is 2.00 bits per heavy atom. The van der Waals surface area contributed by atoms with Crippen molar-refractivity contribution in [3.8, 4) is 11.5 Å². The third-order valence-electron chi connectivity index (χ3n) is 1.22. The molecule has 0 spiro atoms. The first kappa shape index (κ1) is 16.4. The third-order valence-corrected chi connectivity index (χ3v) is 2.10. The molecule has 0 radical (unpaired) electrons. The van der Waals surface area contributed by atoms with E-state index in [1.165, 1.54) is 0 Å². The van der Waals surface area contributed by atoms with Crippen LogP contribution in [0.5, 0.6) is 11.5 Å². The normalized spacial score (nSPS) is 9.79. The largest absolute Gasteiger partial charge is 2.00 e. The van der Waals surface area contributed by atoms with Crippen LogP contribution in [0.15, 0.2) is 23.1 Å². The average Bonchev–Trinajstić information content (AvgIpc) is 1.92. The topological polar surface area (TPSA) is 126 Å². The van der Waals surface area contributed by atoms with Gasteiger partial charge in [-0.25, -0.2) is 0 Å². The molecular formula is C6H8CaO6S+2. The van der Waals surface area contributed by atoms with Gasteiger partial charge in [0.2, 0.25) is 0 Å². The number of hydrogen-bond donors (Lipinski definition) is 3. The Morgan fingerprint density at radius 2 is 1.64 bits per heavy atom. The number of benzene rings is 1. The minimum atomic E-state index is -4.47. The molecule has 0 saturated heterocycles. The van der Waals surface area contributed by atoms with Crippen molar-refractivity contribution in [3.05, 3.63) is 18.2 Å². The zero-order valence-corrected chi connectivity index (χ0v) is 10.0. The summed E-state index contributed by atoms with van der Waals surface area (Å²) in [5, 5.41) is 17.7. The molecule has 0 fully saturated rings. The molecule has 0 bridgehead atoms. The Hall–Kier alpha value is -0.0503. The summed E-state index contributed by atoms with van der Waals surface area (Å²) in [6, 6.07) is 2.83. The Balaban J connectivity index is 0. The maximum atomic E-state index is 10.5. The van der Waals surface area contributed by atoms with Crippen LogP contribution in [-0.2, 0) is 10.1 Å². The van der Waals surface area contributed by atoms with E-state index in [1.54, 1.807) is 0 Å². The van der Waals surface area contributed by atoms with Crippen molar-refractivity contribution in [2.75, 3.05) is 0 Å². The fraction of sp³-hybridized carbons (Fsp3) is 0. The van der Waals surface area contributed by atoms with Crippen molar-refractivity contribution in [2.45, 2.75) is 4.90 Å². The molecule has 1 rings (SSSR count). The molecule has 8 heteroatoms. The second kappa shape index (κ2) is 5.74. The van der Waals surface area contributed by atoms with Crippen LogP contribution in [0.3, 0.4) is 0 Å². The summed E-state index contributed by atoms with van der Waals surface area (Å²) in [4.78, 5) is -0.706. The van der Waals surface area contributed by atoms with Crippen molar-refractivity contribution in [1.82, 2.24) is 0 Å². The van der Waals surface area contributed by atoms with Gasteiger partial charge in [0, 0.05) is 6.07 Å². The molecule has 1 aromatic rings. The van der Waals surface area contributed by atoms with E-state index in [4.69, 9.17) is 14.8 Å². The van der Waals surface area contributed by atoms with E-state index in [-0.39, 0.29) is 49.0 Å². The zero-order chi connectivity index (χ0) is 9.35. The van der Waals surface area contributed by atoms with Crippen molar-refractivity contribution in [1.29, 1.82) is 0 Å². The van der Waals surface area contributed by atoms with Crippen molar-refractivity contribution in [3.63, 3.8) is 0 Å². The SMILES string of the molecule is O.O=S(=O)(O)c1cc(O)ccc1O.[Ca+2]. The van der Waals surface area contributed by atoms with Crippen LogP contribution in [0.4, 0.5) is 0 Å². The molecule has 14 heavy (non-hydrogen) atoms. The van der Waals surface area contributed by atoms with E-state index in [1.807, 2.05) is 0 Å². The Morgan fingerprint density at radius 1 is 1.14 bits per heavy atom. The predicted octanol–water partition coefficient (Wildman–Crippen LogP) is -0.861. The van der Waals surface area contributed by atoms with Crippen LogP contribution in [0.2, 0.25) is 0 Å². The van der Waals surface area contributed by atoms with Gasteiger partial charge in [-0.2, -0.15) is 8.42 Å². The van der Waals surface area contributed by atoms with Gasteiger partial charge in [-0.05, 0) is 12.1 Å². The van der Waals surface area contributed by atoms with Crippen LogP contribution >= 0.6 is 0 Å². The Labute approximate surface area is 110 Å². The van der Waals surface area contributed by atoms with Crippen LogP contribution in [0.1, 0.15) is 0 Å². The molecule has 0 heterocycles. The van der Waals surface area contributed by atoms with Gasteiger partial charge in [-0.15, -0.1) is 0 Å². The average molecular weight is 248 g/mol. The summed E-state index contributed by atoms with van der Waals surface area (Å²) in [5.41, 5.74) is 0. The first-order chi connectivity index (χ1) is 5.41. The monoisotopic (exact) mass is 248 g/mol. The smallest absolute Gasteiger partial charge is 0.508 e. The first-order valence-corrected chi connectivity index (χ1v) is 4.35. The molecule has 0 amide bonds. The van der Waals surface area contributed by atoms with Crippen LogP contribution in [-0.4, -0.2) is 66.4 Å². The maximum absolute atomic E-state index is 10.5. The van der Waals surface area contributed by atoms with Crippen molar-refractivity contribution < 1.29 is 28.7 Å². The standard InChI is InChI=1S/C6H6O5S.Ca.H2O/c7-4-1-2-5(8)6(3-4)12(9,10)11;;/h1-3,7-8H,(H,9,10,11);;1H2/q;+2;. The van der Waals surface area contributed by atoms with Gasteiger partial charge in [0.25, 0.3) is 10.1 Å². The molecule has 74 valence electrons. The van der Waals surface area contributed by atoms with Crippen LogP contribution in [0, 0.1) is 0 Å². The maximum Gasteiger partial charge on any atom is 2.00 e. The van der Waals surface area contributed by atoms with Gasteiger partial charge < -0.3 is 15.7 Å². The molecule has 0 aliphatic heterocycles. The van der Waals surface area contributed by atoms with Gasteiger partial charge in [0.15, 0.2) is 0 Å². The zero-order valence-electron chi connectivity index (χ0n) is 7.01. The summed E-state index contributed by atoms with van der Waals surface area (Å²) >= 11 is 0. The summed E-state index contributed by atoms with van der Waals surface area (Å²) in [6.07, 6.45) is 0. The van der Waals surface area contributed by atoms with E-state index in [9.17, 15) is 8.42 Å². The van der Waals surface area contributed by atoms with Gasteiger partial charge in [-0.3, -0.25) is 4.55 Å². The third kappa shape index (κ3) is 3.99. The van der Waals surface area contributed by atoms with Gasteiger partial charge in [0.1, 0.15) is 16.4 Å². The van der Waals surface area contributed by atoms with Gasteiger partial charge in [-0.1, -0.05) is 0 Å². The number of aromatic hydroxyl groups is 2. The summed E-state index contributed by atoms with van der Waals surface area (Å²) in [7, 11) is -4.47. The fourth-order valence-electron chi connectivity index (χ4n) is 0.709. The first-order valence-electron chi connectivity index (χ1n) is 2.91. The van der Waals surface area contributed by atoms with E-state index < -0.39 is 20.8 Å². The molecule has 0 aliphatic carbocycles. The number of phenolic OH excluding ortho intramolecular Hbond substituents is 2. The second-order valence-corrected chi connectivity index (χ2v) is 3.52.